The Hall–Kier alpha value is -1.14. The number of halogens is 1. The lowest BCUT2D eigenvalue weighted by Crippen LogP contribution is -2.33. The first-order valence-corrected chi connectivity index (χ1v) is 4.75. The lowest BCUT2D eigenvalue weighted by Gasteiger charge is -2.22. The number of hydrogen-bond donors (Lipinski definition) is 1. The second-order valence-electron chi connectivity index (χ2n) is 3.03. The van der Waals surface area contributed by atoms with E-state index in [1.165, 1.54) is 7.11 Å². The fourth-order valence-electron chi connectivity index (χ4n) is 0.891. The zero-order valence-electron chi connectivity index (χ0n) is 8.81. The van der Waals surface area contributed by atoms with Crippen LogP contribution in [0.3, 0.4) is 0 Å². The van der Waals surface area contributed by atoms with Gasteiger partial charge in [-0.15, -0.1) is 0 Å². The van der Waals surface area contributed by atoms with E-state index in [-0.39, 0.29) is 23.9 Å². The summed E-state index contributed by atoms with van der Waals surface area (Å²) in [5.41, 5.74) is 0. The summed E-state index contributed by atoms with van der Waals surface area (Å²) < 4.78 is 4.86. The van der Waals surface area contributed by atoms with Gasteiger partial charge in [0.15, 0.2) is 0 Å². The van der Waals surface area contributed by atoms with Crippen LogP contribution >= 0.6 is 11.6 Å². The molecule has 1 aromatic heterocycles. The van der Waals surface area contributed by atoms with Gasteiger partial charge in [-0.25, -0.2) is 0 Å². The van der Waals surface area contributed by atoms with Crippen LogP contribution in [-0.2, 0) is 0 Å². The number of ether oxygens (including phenoxy) is 1. The molecule has 0 aliphatic rings. The molecule has 1 aromatic rings. The molecule has 0 aromatic carbocycles. The van der Waals surface area contributed by atoms with Gasteiger partial charge in [0.1, 0.15) is 0 Å². The van der Waals surface area contributed by atoms with Crippen LogP contribution in [0.2, 0.25) is 5.28 Å². The third kappa shape index (κ3) is 2.90. The molecule has 0 saturated heterocycles. The van der Waals surface area contributed by atoms with Crippen molar-refractivity contribution < 1.29 is 9.84 Å². The van der Waals surface area contributed by atoms with Crippen LogP contribution in [0.1, 0.15) is 6.92 Å². The van der Waals surface area contributed by atoms with Gasteiger partial charge in [0.05, 0.1) is 19.8 Å². The van der Waals surface area contributed by atoms with Crippen LogP contribution < -0.4 is 9.64 Å². The van der Waals surface area contributed by atoms with Gasteiger partial charge in [-0.1, -0.05) is 0 Å². The first-order valence-electron chi connectivity index (χ1n) is 4.37. The second kappa shape index (κ2) is 5.09. The molecule has 6 nitrogen and oxygen atoms in total. The minimum Gasteiger partial charge on any atom is -0.467 e. The van der Waals surface area contributed by atoms with Crippen molar-refractivity contribution in [1.29, 1.82) is 0 Å². The summed E-state index contributed by atoms with van der Waals surface area (Å²) in [4.78, 5) is 13.4. The predicted octanol–water partition coefficient (Wildman–Crippen LogP) is 0.351. The molecule has 0 fully saturated rings. The Morgan fingerprint density at radius 1 is 1.47 bits per heavy atom. The van der Waals surface area contributed by atoms with Gasteiger partial charge in [-0.2, -0.15) is 15.0 Å². The van der Waals surface area contributed by atoms with Gasteiger partial charge in [0.25, 0.3) is 0 Å². The van der Waals surface area contributed by atoms with E-state index >= 15 is 0 Å². The van der Waals surface area contributed by atoms with E-state index < -0.39 is 0 Å². The fraction of sp³-hybridized carbons (Fsp3) is 0.625. The van der Waals surface area contributed by atoms with Gasteiger partial charge in [-0.3, -0.25) is 0 Å². The largest absolute Gasteiger partial charge is 0.467 e. The summed E-state index contributed by atoms with van der Waals surface area (Å²) in [7, 11) is 3.21. The van der Waals surface area contributed by atoms with Crippen molar-refractivity contribution in [3.63, 3.8) is 0 Å². The zero-order valence-corrected chi connectivity index (χ0v) is 9.56. The Kier molecular flexibility index (Phi) is 4.05. The number of aliphatic hydroxyl groups excluding tert-OH is 1. The smallest absolute Gasteiger partial charge is 0.322 e. The minimum absolute atomic E-state index is 0.00210. The van der Waals surface area contributed by atoms with Crippen molar-refractivity contribution in [2.75, 3.05) is 25.7 Å². The summed E-state index contributed by atoms with van der Waals surface area (Å²) in [6.45, 7) is 1.84. The van der Waals surface area contributed by atoms with Gasteiger partial charge in [-0.05, 0) is 18.5 Å². The highest BCUT2D eigenvalue weighted by Gasteiger charge is 2.14. The van der Waals surface area contributed by atoms with E-state index in [0.717, 1.165) is 0 Å². The summed E-state index contributed by atoms with van der Waals surface area (Å²) in [5, 5.41) is 9.05. The molecule has 0 aliphatic carbocycles. The SMILES string of the molecule is COc1nc(Cl)nc(N(C)C(C)CO)n1. The molecule has 84 valence electrons. The molecule has 0 radical (unpaired) electrons. The highest BCUT2D eigenvalue weighted by atomic mass is 35.5. The van der Waals surface area contributed by atoms with E-state index in [9.17, 15) is 0 Å². The monoisotopic (exact) mass is 232 g/mol. The molecule has 0 amide bonds. The van der Waals surface area contributed by atoms with Gasteiger partial charge >= 0.3 is 6.01 Å². The predicted molar refractivity (Wildman–Crippen MR) is 56.3 cm³/mol. The van der Waals surface area contributed by atoms with Crippen LogP contribution in [0.15, 0.2) is 0 Å². The van der Waals surface area contributed by atoms with Crippen LogP contribution in [-0.4, -0.2) is 46.9 Å². The number of nitrogens with zero attached hydrogens (tertiary/aromatic N) is 4. The molecule has 1 heterocycles. The number of hydrogen-bond acceptors (Lipinski definition) is 6. The van der Waals surface area contributed by atoms with Gasteiger partial charge < -0.3 is 14.7 Å². The van der Waals surface area contributed by atoms with Crippen molar-refractivity contribution in [2.24, 2.45) is 0 Å². The quantitative estimate of drug-likeness (QED) is 0.808. The Morgan fingerprint density at radius 2 is 2.13 bits per heavy atom. The van der Waals surface area contributed by atoms with E-state index in [1.54, 1.807) is 11.9 Å². The maximum atomic E-state index is 8.99. The number of rotatable bonds is 4. The van der Waals surface area contributed by atoms with Crippen LogP contribution in [0.5, 0.6) is 6.01 Å². The van der Waals surface area contributed by atoms with Crippen LogP contribution in [0, 0.1) is 0 Å². The number of anilines is 1. The topological polar surface area (TPSA) is 71.4 Å². The number of aromatic nitrogens is 3. The number of aliphatic hydroxyl groups is 1. The standard InChI is InChI=1S/C8H13ClN4O2/c1-5(4-14)13(2)7-10-6(9)11-8(12-7)15-3/h5,14H,4H2,1-3H3. The van der Waals surface area contributed by atoms with Crippen LogP contribution in [0.4, 0.5) is 5.95 Å². The van der Waals surface area contributed by atoms with Gasteiger partial charge in [0, 0.05) is 7.05 Å². The minimum atomic E-state index is -0.104. The molecule has 0 aliphatic heterocycles. The molecule has 0 bridgehead atoms. The van der Waals surface area contributed by atoms with Crippen molar-refractivity contribution in [3.05, 3.63) is 5.28 Å². The summed E-state index contributed by atoms with van der Waals surface area (Å²) >= 11 is 5.69. The molecule has 0 saturated carbocycles. The first kappa shape index (κ1) is 11.9. The van der Waals surface area contributed by atoms with E-state index in [4.69, 9.17) is 21.4 Å². The molecule has 1 atom stereocenters. The summed E-state index contributed by atoms with van der Waals surface area (Å²) in [6, 6.07) is 0.0511. The van der Waals surface area contributed by atoms with Crippen molar-refractivity contribution >= 4 is 17.5 Å². The second-order valence-corrected chi connectivity index (χ2v) is 3.37. The summed E-state index contributed by atoms with van der Waals surface area (Å²) in [6.07, 6.45) is 0. The third-order valence-electron chi connectivity index (χ3n) is 2.00. The van der Waals surface area contributed by atoms with Crippen molar-refractivity contribution in [3.8, 4) is 6.01 Å². The maximum absolute atomic E-state index is 8.99. The van der Waals surface area contributed by atoms with E-state index in [0.29, 0.717) is 5.95 Å². The lowest BCUT2D eigenvalue weighted by molar-refractivity contribution is 0.269. The molecule has 15 heavy (non-hydrogen) atoms. The lowest BCUT2D eigenvalue weighted by atomic mass is 10.3. The maximum Gasteiger partial charge on any atom is 0.322 e. The third-order valence-corrected chi connectivity index (χ3v) is 2.17. The average molecular weight is 233 g/mol. The molecule has 1 N–H and O–H groups in total. The first-order chi connectivity index (χ1) is 7.08. The summed E-state index contributed by atoms with van der Waals surface area (Å²) in [5.74, 6) is 0.369. The Balaban J connectivity index is 2.97. The van der Waals surface area contributed by atoms with E-state index in [1.807, 2.05) is 6.92 Å². The molecule has 1 rings (SSSR count). The molecular weight excluding hydrogens is 220 g/mol. The zero-order chi connectivity index (χ0) is 11.4. The number of methoxy groups -OCH3 is 1. The normalized spacial score (nSPS) is 12.3. The van der Waals surface area contributed by atoms with Crippen molar-refractivity contribution in [1.82, 2.24) is 15.0 Å². The average Bonchev–Trinajstić information content (AvgIpc) is 2.26. The molecular formula is C8H13ClN4O2. The number of likely N-dealkylation sites (N-methyl/N-ethyl adjacent to an activating group) is 1. The Morgan fingerprint density at radius 3 is 2.67 bits per heavy atom. The highest BCUT2D eigenvalue weighted by molar-refractivity contribution is 6.28. The Labute approximate surface area is 92.9 Å². The van der Waals surface area contributed by atoms with E-state index in [2.05, 4.69) is 15.0 Å². The molecule has 0 spiro atoms. The highest BCUT2D eigenvalue weighted by Crippen LogP contribution is 2.15. The Bertz CT molecular complexity index is 336. The molecule has 1 unspecified atom stereocenters. The van der Waals surface area contributed by atoms with Crippen molar-refractivity contribution in [2.45, 2.75) is 13.0 Å². The molecule has 7 heteroatoms. The van der Waals surface area contributed by atoms with Crippen LogP contribution in [0.25, 0.3) is 0 Å². The van der Waals surface area contributed by atoms with Gasteiger partial charge in [0.2, 0.25) is 11.2 Å². The fourth-order valence-corrected chi connectivity index (χ4v) is 1.04.